The van der Waals surface area contributed by atoms with E-state index in [9.17, 15) is 4.79 Å². The summed E-state index contributed by atoms with van der Waals surface area (Å²) in [6.45, 7) is 8.92. The van der Waals surface area contributed by atoms with Gasteiger partial charge < -0.3 is 24.8 Å². The van der Waals surface area contributed by atoms with E-state index in [4.69, 9.17) is 14.2 Å². The van der Waals surface area contributed by atoms with Crippen molar-refractivity contribution in [1.82, 2.24) is 25.1 Å². The van der Waals surface area contributed by atoms with Crippen molar-refractivity contribution in [3.8, 4) is 11.5 Å². The smallest absolute Gasteiger partial charge is 0.251 e. The molecule has 0 aliphatic rings. The number of ether oxygens (including phenoxy) is 3. The normalized spacial score (nSPS) is 10.9. The predicted molar refractivity (Wildman–Crippen MR) is 133 cm³/mol. The summed E-state index contributed by atoms with van der Waals surface area (Å²) >= 11 is 1.57. The molecule has 2 N–H and O–H groups in total. The van der Waals surface area contributed by atoms with Crippen LogP contribution in [0.1, 0.15) is 31.1 Å². The molecule has 11 heteroatoms. The molecule has 2 aromatic heterocycles. The van der Waals surface area contributed by atoms with Gasteiger partial charge in [0.2, 0.25) is 0 Å². The van der Waals surface area contributed by atoms with Gasteiger partial charge in [-0.25, -0.2) is 14.6 Å². The van der Waals surface area contributed by atoms with E-state index in [1.165, 1.54) is 0 Å². The highest BCUT2D eigenvalue weighted by atomic mass is 32.2. The molecule has 0 saturated carbocycles. The number of methoxy groups -OCH3 is 1. The third-order valence-electron chi connectivity index (χ3n) is 4.76. The molecule has 1 amide bonds. The Kier molecular flexibility index (Phi) is 9.77. The number of hydrogen-bond acceptors (Lipinski definition) is 9. The van der Waals surface area contributed by atoms with E-state index < -0.39 is 0 Å². The van der Waals surface area contributed by atoms with Gasteiger partial charge >= 0.3 is 0 Å². The summed E-state index contributed by atoms with van der Waals surface area (Å²) in [6, 6.07) is 5.19. The van der Waals surface area contributed by atoms with Crippen molar-refractivity contribution in [3.63, 3.8) is 0 Å². The van der Waals surface area contributed by atoms with E-state index in [1.54, 1.807) is 47.9 Å². The van der Waals surface area contributed by atoms with E-state index in [0.29, 0.717) is 61.7 Å². The lowest BCUT2D eigenvalue weighted by Gasteiger charge is -2.12. The first-order valence-electron chi connectivity index (χ1n) is 11.4. The van der Waals surface area contributed by atoms with Crippen molar-refractivity contribution in [2.24, 2.45) is 0 Å². The Hall–Kier alpha value is -3.05. The van der Waals surface area contributed by atoms with Crippen molar-refractivity contribution < 1.29 is 19.0 Å². The Bertz CT molecular complexity index is 1090. The fourth-order valence-electron chi connectivity index (χ4n) is 3.27. The minimum absolute atomic E-state index is 0.195. The molecule has 0 spiro atoms. The van der Waals surface area contributed by atoms with Gasteiger partial charge in [0, 0.05) is 25.8 Å². The molecule has 0 atom stereocenters. The largest absolute Gasteiger partial charge is 0.490 e. The number of amides is 1. The molecule has 0 aliphatic carbocycles. The zero-order valence-electron chi connectivity index (χ0n) is 20.1. The lowest BCUT2D eigenvalue weighted by atomic mass is 10.2. The fraction of sp³-hybridized carbons (Fsp3) is 0.478. The summed E-state index contributed by atoms with van der Waals surface area (Å²) in [5, 5.41) is 12.2. The average Bonchev–Trinajstić information content (AvgIpc) is 3.24. The van der Waals surface area contributed by atoms with Gasteiger partial charge in [-0.1, -0.05) is 18.7 Å². The number of benzene rings is 1. The van der Waals surface area contributed by atoms with Crippen LogP contribution in [0.4, 0.5) is 5.82 Å². The Morgan fingerprint density at radius 1 is 1.09 bits per heavy atom. The van der Waals surface area contributed by atoms with Crippen LogP contribution in [0.25, 0.3) is 11.0 Å². The number of nitrogens with one attached hydrogen (secondary N) is 2. The monoisotopic (exact) mass is 488 g/mol. The SMILES string of the molecule is CCOc1ccc(C(=O)NCCn2ncc3c(NCCOC)nc(SCC)nc32)cc1OCC. The van der Waals surface area contributed by atoms with Gasteiger partial charge in [-0.2, -0.15) is 5.10 Å². The molecule has 3 rings (SSSR count). The first-order valence-corrected chi connectivity index (χ1v) is 12.4. The van der Waals surface area contributed by atoms with E-state index in [2.05, 4.69) is 32.6 Å². The van der Waals surface area contributed by atoms with Crippen LogP contribution in [0.5, 0.6) is 11.5 Å². The Balaban J connectivity index is 1.70. The summed E-state index contributed by atoms with van der Waals surface area (Å²) in [7, 11) is 1.66. The van der Waals surface area contributed by atoms with Crippen LogP contribution in [0.15, 0.2) is 29.6 Å². The van der Waals surface area contributed by atoms with E-state index in [0.717, 1.165) is 22.6 Å². The highest BCUT2D eigenvalue weighted by Gasteiger charge is 2.15. The number of aromatic nitrogens is 4. The maximum absolute atomic E-state index is 12.7. The molecular weight excluding hydrogens is 456 g/mol. The molecule has 0 aliphatic heterocycles. The van der Waals surface area contributed by atoms with Crippen LogP contribution in [0, 0.1) is 0 Å². The second-order valence-corrected chi connectivity index (χ2v) is 8.33. The van der Waals surface area contributed by atoms with Gasteiger partial charge in [0.05, 0.1) is 37.9 Å². The number of carbonyl (C=O) groups is 1. The molecule has 0 bridgehead atoms. The molecule has 1 aromatic carbocycles. The quantitative estimate of drug-likeness (QED) is 0.201. The molecule has 0 saturated heterocycles. The summed E-state index contributed by atoms with van der Waals surface area (Å²) in [5.74, 6) is 2.57. The molecule has 2 heterocycles. The van der Waals surface area contributed by atoms with Crippen molar-refractivity contribution in [2.45, 2.75) is 32.5 Å². The van der Waals surface area contributed by atoms with Gasteiger partial charge in [0.1, 0.15) is 5.82 Å². The second-order valence-electron chi connectivity index (χ2n) is 7.10. The van der Waals surface area contributed by atoms with E-state index >= 15 is 0 Å². The lowest BCUT2D eigenvalue weighted by molar-refractivity contribution is 0.0951. The average molecular weight is 489 g/mol. The number of hydrogen-bond donors (Lipinski definition) is 2. The topological polar surface area (TPSA) is 112 Å². The number of carbonyl (C=O) groups excluding carboxylic acids is 1. The van der Waals surface area contributed by atoms with Crippen molar-refractivity contribution in [3.05, 3.63) is 30.0 Å². The maximum Gasteiger partial charge on any atom is 0.251 e. The van der Waals surface area contributed by atoms with Gasteiger partial charge in [-0.15, -0.1) is 0 Å². The lowest BCUT2D eigenvalue weighted by Crippen LogP contribution is -2.27. The number of thioether (sulfide) groups is 1. The second kappa shape index (κ2) is 13.0. The molecule has 34 heavy (non-hydrogen) atoms. The summed E-state index contributed by atoms with van der Waals surface area (Å²) in [4.78, 5) is 22.0. The zero-order valence-corrected chi connectivity index (χ0v) is 20.9. The van der Waals surface area contributed by atoms with Crippen LogP contribution in [0.2, 0.25) is 0 Å². The first kappa shape index (κ1) is 25.6. The highest BCUT2D eigenvalue weighted by molar-refractivity contribution is 7.99. The van der Waals surface area contributed by atoms with Gasteiger partial charge in [-0.05, 0) is 37.8 Å². The Morgan fingerprint density at radius 3 is 2.62 bits per heavy atom. The number of rotatable bonds is 14. The molecule has 10 nitrogen and oxygen atoms in total. The molecule has 3 aromatic rings. The fourth-order valence-corrected chi connectivity index (χ4v) is 3.83. The third-order valence-corrected chi connectivity index (χ3v) is 5.49. The minimum Gasteiger partial charge on any atom is -0.490 e. The third kappa shape index (κ3) is 6.51. The first-order chi connectivity index (χ1) is 16.6. The molecule has 0 unspecified atom stereocenters. The van der Waals surface area contributed by atoms with Crippen LogP contribution in [0.3, 0.4) is 0 Å². The number of anilines is 1. The van der Waals surface area contributed by atoms with Crippen LogP contribution in [-0.2, 0) is 11.3 Å². The summed E-state index contributed by atoms with van der Waals surface area (Å²) < 4.78 is 18.1. The van der Waals surface area contributed by atoms with Gasteiger partial charge in [0.15, 0.2) is 22.3 Å². The summed E-state index contributed by atoms with van der Waals surface area (Å²) in [5.41, 5.74) is 1.23. The Labute approximate surface area is 203 Å². The van der Waals surface area contributed by atoms with Crippen molar-refractivity contribution in [2.75, 3.05) is 51.1 Å². The van der Waals surface area contributed by atoms with Crippen LogP contribution >= 0.6 is 11.8 Å². The van der Waals surface area contributed by atoms with Crippen molar-refractivity contribution >= 4 is 34.5 Å². The van der Waals surface area contributed by atoms with Crippen LogP contribution in [-0.4, -0.2) is 71.4 Å². The Morgan fingerprint density at radius 2 is 1.88 bits per heavy atom. The highest BCUT2D eigenvalue weighted by Crippen LogP contribution is 2.28. The standard InChI is InChI=1S/C23H32N6O4S/c1-5-32-18-9-8-16(14-19(18)33-6-2)22(30)25-10-12-29-21-17(15-26-29)20(24-11-13-31-4)27-23(28-21)34-7-3/h8-9,14-15H,5-7,10-13H2,1-4H3,(H,25,30)(H,24,27,28). The molecule has 0 fully saturated rings. The number of nitrogens with zero attached hydrogens (tertiary/aromatic N) is 4. The minimum atomic E-state index is -0.195. The molecule has 184 valence electrons. The van der Waals surface area contributed by atoms with Crippen LogP contribution < -0.4 is 20.1 Å². The van der Waals surface area contributed by atoms with E-state index in [1.807, 2.05) is 13.8 Å². The zero-order chi connectivity index (χ0) is 24.3. The summed E-state index contributed by atoms with van der Waals surface area (Å²) in [6.07, 6.45) is 1.74. The van der Waals surface area contributed by atoms with Crippen molar-refractivity contribution in [1.29, 1.82) is 0 Å². The molecular formula is C23H32N6O4S. The predicted octanol–water partition coefficient (Wildman–Crippen LogP) is 3.22. The van der Waals surface area contributed by atoms with Gasteiger partial charge in [0.25, 0.3) is 5.91 Å². The van der Waals surface area contributed by atoms with Gasteiger partial charge in [-0.3, -0.25) is 4.79 Å². The molecule has 0 radical (unpaired) electrons. The number of fused-ring (bicyclic) bond motifs is 1. The van der Waals surface area contributed by atoms with E-state index in [-0.39, 0.29) is 5.91 Å². The maximum atomic E-state index is 12.7.